The van der Waals surface area contributed by atoms with Gasteiger partial charge < -0.3 is 25.3 Å². The van der Waals surface area contributed by atoms with Crippen molar-refractivity contribution in [2.24, 2.45) is 11.7 Å². The van der Waals surface area contributed by atoms with E-state index in [9.17, 15) is 9.59 Å². The number of nitrogens with zero attached hydrogens (tertiary/aromatic N) is 5. The molecule has 3 atom stereocenters. The third-order valence-corrected chi connectivity index (χ3v) is 9.55. The van der Waals surface area contributed by atoms with Crippen LogP contribution in [0.3, 0.4) is 0 Å². The molecule has 2 bridgehead atoms. The number of piperidine rings is 1. The summed E-state index contributed by atoms with van der Waals surface area (Å²) in [4.78, 5) is 37.9. The molecule has 0 aromatic carbocycles. The molecule has 4 aromatic heterocycles. The Morgan fingerprint density at radius 1 is 1.17 bits per heavy atom. The molecule has 4 aliphatic rings. The van der Waals surface area contributed by atoms with E-state index in [1.165, 1.54) is 12.8 Å². The molecular weight excluding hydrogens is 530 g/mol. The normalized spacial score (nSPS) is 23.6. The van der Waals surface area contributed by atoms with Crippen LogP contribution in [0.4, 0.5) is 0 Å². The molecule has 3 N–H and O–H groups in total. The number of aryl methyl sites for hydroxylation is 1. The Morgan fingerprint density at radius 2 is 2.02 bits per heavy atom. The van der Waals surface area contributed by atoms with E-state index in [4.69, 9.17) is 20.4 Å². The number of nitrogens with two attached hydrogens (primary N) is 1. The van der Waals surface area contributed by atoms with Gasteiger partial charge in [-0.2, -0.15) is 0 Å². The predicted octanol–water partition coefficient (Wildman–Crippen LogP) is 3.90. The summed E-state index contributed by atoms with van der Waals surface area (Å²) < 4.78 is 10.1. The first kappa shape index (κ1) is 25.5. The van der Waals surface area contributed by atoms with Gasteiger partial charge in [0.2, 0.25) is 5.91 Å². The summed E-state index contributed by atoms with van der Waals surface area (Å²) in [6.45, 7) is 3.61. The molecule has 7 heterocycles. The minimum absolute atomic E-state index is 0.0596. The van der Waals surface area contributed by atoms with Gasteiger partial charge in [0.1, 0.15) is 17.0 Å². The van der Waals surface area contributed by atoms with Crippen molar-refractivity contribution in [2.45, 2.75) is 70.0 Å². The molecule has 2 amide bonds. The second-order valence-electron chi connectivity index (χ2n) is 12.3. The number of imidazole rings is 1. The number of carbonyl (C=O) groups is 2. The van der Waals surface area contributed by atoms with Crippen molar-refractivity contribution >= 4 is 28.5 Å². The molecule has 1 saturated carbocycles. The topological polar surface area (TPSA) is 120 Å². The van der Waals surface area contributed by atoms with Crippen LogP contribution in [-0.2, 0) is 11.3 Å². The second-order valence-corrected chi connectivity index (χ2v) is 12.3. The maximum atomic E-state index is 13.7. The fourth-order valence-corrected chi connectivity index (χ4v) is 7.18. The van der Waals surface area contributed by atoms with Crippen LogP contribution in [0.2, 0.25) is 0 Å². The minimum Gasteiger partial charge on any atom is -0.482 e. The van der Waals surface area contributed by atoms with Crippen LogP contribution in [0, 0.1) is 12.8 Å². The Morgan fingerprint density at radius 3 is 2.74 bits per heavy atom. The lowest BCUT2D eigenvalue weighted by Crippen LogP contribution is -2.32. The summed E-state index contributed by atoms with van der Waals surface area (Å²) in [5.41, 5.74) is 13.1. The molecule has 3 aliphatic heterocycles. The highest BCUT2D eigenvalue weighted by Gasteiger charge is 2.42. The van der Waals surface area contributed by atoms with E-state index in [-0.39, 0.29) is 29.8 Å². The van der Waals surface area contributed by atoms with Crippen molar-refractivity contribution in [1.29, 1.82) is 0 Å². The highest BCUT2D eigenvalue weighted by molar-refractivity contribution is 5.98. The number of nitrogens with one attached hydrogen (secondary N) is 1. The van der Waals surface area contributed by atoms with Crippen LogP contribution >= 0.6 is 0 Å². The molecule has 216 valence electrons. The molecule has 8 rings (SSSR count). The number of hydrogen-bond acceptors (Lipinski definition) is 6. The highest BCUT2D eigenvalue weighted by Crippen LogP contribution is 2.40. The number of methoxy groups -OCH3 is 1. The molecule has 1 aliphatic carbocycles. The number of aromatic nitrogens is 4. The van der Waals surface area contributed by atoms with Gasteiger partial charge in [-0.15, -0.1) is 0 Å². The van der Waals surface area contributed by atoms with Crippen molar-refractivity contribution < 1.29 is 14.3 Å². The van der Waals surface area contributed by atoms with Gasteiger partial charge in [-0.1, -0.05) is 6.08 Å². The Labute approximate surface area is 243 Å². The van der Waals surface area contributed by atoms with Crippen LogP contribution in [0.5, 0.6) is 5.88 Å². The van der Waals surface area contributed by atoms with E-state index >= 15 is 0 Å². The molecule has 0 spiro atoms. The summed E-state index contributed by atoms with van der Waals surface area (Å²) in [6, 6.07) is 10.1. The van der Waals surface area contributed by atoms with E-state index in [1.807, 2.05) is 28.4 Å². The average molecular weight is 566 g/mol. The van der Waals surface area contributed by atoms with Gasteiger partial charge in [-0.3, -0.25) is 14.0 Å². The maximum Gasteiger partial charge on any atom is 0.258 e. The largest absolute Gasteiger partial charge is 0.482 e. The van der Waals surface area contributed by atoms with Gasteiger partial charge in [0, 0.05) is 65.9 Å². The fraction of sp³-hybridized carbons (Fsp3) is 0.438. The molecule has 42 heavy (non-hydrogen) atoms. The van der Waals surface area contributed by atoms with E-state index < -0.39 is 0 Å². The van der Waals surface area contributed by atoms with E-state index in [0.717, 1.165) is 65.3 Å². The Hall–Kier alpha value is -4.18. The number of amides is 2. The average Bonchev–Trinajstić information content (AvgIpc) is 3.31. The van der Waals surface area contributed by atoms with Crippen LogP contribution in [0.25, 0.3) is 28.1 Å². The molecule has 2 saturated heterocycles. The molecular formula is C32H35N7O3. The predicted molar refractivity (Wildman–Crippen MR) is 158 cm³/mol. The first-order valence-corrected chi connectivity index (χ1v) is 15.0. The quantitative estimate of drug-likeness (QED) is 0.366. The van der Waals surface area contributed by atoms with Crippen LogP contribution in [0.1, 0.15) is 66.2 Å². The zero-order valence-electron chi connectivity index (χ0n) is 24.0. The van der Waals surface area contributed by atoms with Crippen molar-refractivity contribution in [3.8, 4) is 17.3 Å². The van der Waals surface area contributed by atoms with E-state index in [1.54, 1.807) is 7.11 Å². The van der Waals surface area contributed by atoms with E-state index in [0.29, 0.717) is 36.0 Å². The molecule has 1 unspecified atom stereocenters. The summed E-state index contributed by atoms with van der Waals surface area (Å²) in [6.07, 6.45) is 7.54. The number of ether oxygens (including phenoxy) is 1. The lowest BCUT2D eigenvalue weighted by Gasteiger charge is -2.21. The zero-order chi connectivity index (χ0) is 28.7. The summed E-state index contributed by atoms with van der Waals surface area (Å²) in [7, 11) is 1.63. The van der Waals surface area contributed by atoms with E-state index in [2.05, 4.69) is 34.2 Å². The van der Waals surface area contributed by atoms with Gasteiger partial charge in [0.25, 0.3) is 5.91 Å². The fourth-order valence-electron chi connectivity index (χ4n) is 7.18. The standard InChI is InChI=1S/C32H35N7O3/c1-17-30(36-27-12-21(14-29(42-2)38(17)27)32(41)39-22-6-8-25(39)23(33)15-22)26-11-20-5-7-24(19-9-10-34-28(40)13-19)35-31(20)37(26)16-18-3-4-18/h5,7-8,11-12,14,18-19,22-23H,3-4,6,9-10,13,15-16,33H2,1-2H3,(H,34,40)/t19?,22-,23+/m0/s1. The number of fused-ring (bicyclic) bond motifs is 4. The number of hydrogen-bond donors (Lipinski definition) is 2. The Balaban J connectivity index is 1.23. The highest BCUT2D eigenvalue weighted by atomic mass is 16.5. The molecule has 0 radical (unpaired) electrons. The van der Waals surface area contributed by atoms with Gasteiger partial charge in [-0.05, 0) is 69.2 Å². The summed E-state index contributed by atoms with van der Waals surface area (Å²) >= 11 is 0. The van der Waals surface area contributed by atoms with Crippen LogP contribution in [0.15, 0.2) is 42.1 Å². The summed E-state index contributed by atoms with van der Waals surface area (Å²) in [5, 5.41) is 3.99. The molecule has 3 fully saturated rings. The lowest BCUT2D eigenvalue weighted by molar-refractivity contribution is -0.122. The first-order chi connectivity index (χ1) is 20.4. The van der Waals surface area contributed by atoms with Crippen molar-refractivity contribution in [3.05, 3.63) is 59.1 Å². The third-order valence-electron chi connectivity index (χ3n) is 9.55. The second kappa shape index (κ2) is 9.42. The summed E-state index contributed by atoms with van der Waals surface area (Å²) in [5.74, 6) is 1.35. The number of carbonyl (C=O) groups excluding carboxylic acids is 2. The Kier molecular flexibility index (Phi) is 5.72. The molecule has 10 heteroatoms. The number of pyridine rings is 2. The van der Waals surface area contributed by atoms with Crippen molar-refractivity contribution in [1.82, 2.24) is 29.2 Å². The minimum atomic E-state index is -0.0867. The smallest absolute Gasteiger partial charge is 0.258 e. The number of rotatable bonds is 6. The van der Waals surface area contributed by atoms with Crippen LogP contribution in [-0.4, -0.2) is 61.4 Å². The SMILES string of the molecule is COc1cc(C(=O)N2C3=CC[C@H]2C[C@H]3N)cc2nc(-c3cc4ccc(C5CCNC(=O)C5)nc4n3CC3CC3)c(C)n12. The Bertz CT molecular complexity index is 1810. The first-order valence-electron chi connectivity index (χ1n) is 15.0. The van der Waals surface area contributed by atoms with Gasteiger partial charge in [-0.25, -0.2) is 9.97 Å². The van der Waals surface area contributed by atoms with Gasteiger partial charge in [0.15, 0.2) is 5.88 Å². The van der Waals surface area contributed by atoms with Gasteiger partial charge >= 0.3 is 0 Å². The third kappa shape index (κ3) is 3.95. The van der Waals surface area contributed by atoms with Crippen molar-refractivity contribution in [3.63, 3.8) is 0 Å². The maximum absolute atomic E-state index is 13.7. The monoisotopic (exact) mass is 565 g/mol. The van der Waals surface area contributed by atoms with Gasteiger partial charge in [0.05, 0.1) is 18.5 Å². The molecule has 10 nitrogen and oxygen atoms in total. The zero-order valence-corrected chi connectivity index (χ0v) is 24.0. The molecule has 4 aromatic rings. The van der Waals surface area contributed by atoms with Crippen molar-refractivity contribution in [2.75, 3.05) is 13.7 Å². The lowest BCUT2D eigenvalue weighted by atomic mass is 9.93. The van der Waals surface area contributed by atoms with Crippen LogP contribution < -0.4 is 15.8 Å².